The number of hydrogen-bond donors (Lipinski definition) is 2. The fourth-order valence-corrected chi connectivity index (χ4v) is 5.41. The summed E-state index contributed by atoms with van der Waals surface area (Å²) in [6, 6.07) is 23.4. The predicted octanol–water partition coefficient (Wildman–Crippen LogP) is 7.02. The van der Waals surface area contributed by atoms with Crippen molar-refractivity contribution < 1.29 is 29.3 Å². The van der Waals surface area contributed by atoms with Crippen molar-refractivity contribution in [3.8, 4) is 11.5 Å². The smallest absolute Gasteiger partial charge is 0.323 e. The first-order valence-corrected chi connectivity index (χ1v) is 14.1. The monoisotopic (exact) mass is 565 g/mol. The molecule has 1 aliphatic carbocycles. The SMILES string of the molecule is Cc1c(CC2(CC(=O)O)CC2)c2cccc(C=Cc3ccc(OCC=CCOc4ccccc4)cc3)c2n1CC(=O)O. The van der Waals surface area contributed by atoms with Crippen molar-refractivity contribution >= 4 is 35.0 Å². The number of aliphatic carboxylic acids is 2. The Balaban J connectivity index is 1.28. The van der Waals surface area contributed by atoms with Crippen LogP contribution in [0.15, 0.2) is 84.9 Å². The Labute approximate surface area is 245 Å². The zero-order chi connectivity index (χ0) is 29.5. The maximum Gasteiger partial charge on any atom is 0.323 e. The number of carboxylic acids is 2. The van der Waals surface area contributed by atoms with Crippen LogP contribution in [0.3, 0.4) is 0 Å². The van der Waals surface area contributed by atoms with Crippen LogP contribution in [0.25, 0.3) is 23.1 Å². The van der Waals surface area contributed by atoms with Gasteiger partial charge in [-0.15, -0.1) is 0 Å². The van der Waals surface area contributed by atoms with Gasteiger partial charge in [-0.2, -0.15) is 0 Å². The Hall–Kier alpha value is -4.78. The Morgan fingerprint density at radius 3 is 2.12 bits per heavy atom. The molecule has 1 aromatic heterocycles. The summed E-state index contributed by atoms with van der Waals surface area (Å²) in [4.78, 5) is 23.3. The summed E-state index contributed by atoms with van der Waals surface area (Å²) in [5, 5.41) is 20.1. The lowest BCUT2D eigenvalue weighted by Gasteiger charge is -2.13. The molecular formula is C35H35NO6. The minimum atomic E-state index is -0.916. The molecule has 0 atom stereocenters. The second-order valence-electron chi connectivity index (χ2n) is 10.8. The molecule has 5 rings (SSSR count). The summed E-state index contributed by atoms with van der Waals surface area (Å²) in [5.74, 6) is -0.115. The molecule has 0 bridgehead atoms. The van der Waals surface area contributed by atoms with E-state index in [0.29, 0.717) is 19.6 Å². The molecule has 1 fully saturated rings. The number of aromatic nitrogens is 1. The van der Waals surface area contributed by atoms with Crippen molar-refractivity contribution in [1.29, 1.82) is 0 Å². The largest absolute Gasteiger partial charge is 0.490 e. The van der Waals surface area contributed by atoms with Gasteiger partial charge >= 0.3 is 11.9 Å². The van der Waals surface area contributed by atoms with E-state index in [0.717, 1.165) is 57.6 Å². The lowest BCUT2D eigenvalue weighted by Crippen LogP contribution is -2.13. The minimum Gasteiger partial charge on any atom is -0.490 e. The van der Waals surface area contributed by atoms with Gasteiger partial charge < -0.3 is 24.3 Å². The van der Waals surface area contributed by atoms with Crippen molar-refractivity contribution in [3.63, 3.8) is 0 Å². The van der Waals surface area contributed by atoms with E-state index in [1.54, 1.807) is 0 Å². The van der Waals surface area contributed by atoms with Gasteiger partial charge in [0.05, 0.1) is 11.9 Å². The molecule has 4 aromatic rings. The molecule has 216 valence electrons. The van der Waals surface area contributed by atoms with E-state index in [1.165, 1.54) is 0 Å². The first-order chi connectivity index (χ1) is 20.3. The molecule has 0 saturated heterocycles. The average molecular weight is 566 g/mol. The first-order valence-electron chi connectivity index (χ1n) is 14.1. The summed E-state index contributed by atoms with van der Waals surface area (Å²) in [6.45, 7) is 2.69. The summed E-state index contributed by atoms with van der Waals surface area (Å²) in [5.41, 5.74) is 4.44. The number of fused-ring (bicyclic) bond motifs is 1. The van der Waals surface area contributed by atoms with Gasteiger partial charge in [-0.05, 0) is 84.7 Å². The zero-order valence-corrected chi connectivity index (χ0v) is 23.7. The molecule has 0 radical (unpaired) electrons. The molecule has 0 amide bonds. The third kappa shape index (κ3) is 7.10. The van der Waals surface area contributed by atoms with Crippen LogP contribution in [-0.4, -0.2) is 39.9 Å². The third-order valence-electron chi connectivity index (χ3n) is 7.77. The molecule has 7 heteroatoms. The van der Waals surface area contributed by atoms with Crippen LogP contribution in [-0.2, 0) is 22.6 Å². The highest BCUT2D eigenvalue weighted by Gasteiger charge is 2.45. The van der Waals surface area contributed by atoms with Gasteiger partial charge in [-0.3, -0.25) is 9.59 Å². The molecule has 0 unspecified atom stereocenters. The average Bonchev–Trinajstić information content (AvgIpc) is 3.68. The van der Waals surface area contributed by atoms with E-state index in [-0.39, 0.29) is 18.4 Å². The van der Waals surface area contributed by atoms with Gasteiger partial charge in [0.15, 0.2) is 0 Å². The molecule has 42 heavy (non-hydrogen) atoms. The number of carbonyl (C=O) groups is 2. The number of benzene rings is 3. The van der Waals surface area contributed by atoms with E-state index in [9.17, 15) is 19.8 Å². The fraction of sp³-hybridized carbons (Fsp3) is 0.257. The summed E-state index contributed by atoms with van der Waals surface area (Å²) >= 11 is 0. The van der Waals surface area contributed by atoms with E-state index < -0.39 is 11.9 Å². The lowest BCUT2D eigenvalue weighted by atomic mass is 9.91. The fourth-order valence-electron chi connectivity index (χ4n) is 5.41. The Bertz CT molecular complexity index is 1610. The molecule has 1 aliphatic rings. The lowest BCUT2D eigenvalue weighted by molar-refractivity contribution is -0.139. The quantitative estimate of drug-likeness (QED) is 0.126. The number of rotatable bonds is 14. The van der Waals surface area contributed by atoms with Gasteiger partial charge in [0, 0.05) is 11.1 Å². The van der Waals surface area contributed by atoms with Crippen LogP contribution < -0.4 is 9.47 Å². The predicted molar refractivity (Wildman–Crippen MR) is 164 cm³/mol. The highest BCUT2D eigenvalue weighted by Crippen LogP contribution is 2.52. The highest BCUT2D eigenvalue weighted by molar-refractivity contribution is 5.95. The minimum absolute atomic E-state index is 0.135. The second kappa shape index (κ2) is 12.8. The summed E-state index contributed by atoms with van der Waals surface area (Å²) < 4.78 is 13.3. The number of para-hydroxylation sites is 2. The number of nitrogens with zero attached hydrogens (tertiary/aromatic N) is 1. The van der Waals surface area contributed by atoms with Gasteiger partial charge in [-0.25, -0.2) is 0 Å². The second-order valence-corrected chi connectivity index (χ2v) is 10.8. The van der Waals surface area contributed by atoms with Crippen LogP contribution >= 0.6 is 0 Å². The van der Waals surface area contributed by atoms with Gasteiger partial charge in [0.1, 0.15) is 31.3 Å². The van der Waals surface area contributed by atoms with Crippen LogP contribution in [0, 0.1) is 12.3 Å². The van der Waals surface area contributed by atoms with Crippen LogP contribution in [0.4, 0.5) is 0 Å². The van der Waals surface area contributed by atoms with Crippen molar-refractivity contribution in [2.24, 2.45) is 5.41 Å². The highest BCUT2D eigenvalue weighted by atomic mass is 16.5. The summed E-state index contributed by atoms with van der Waals surface area (Å²) in [7, 11) is 0. The van der Waals surface area contributed by atoms with Gasteiger partial charge in [0.25, 0.3) is 0 Å². The Morgan fingerprint density at radius 1 is 0.833 bits per heavy atom. The number of ether oxygens (including phenoxy) is 2. The molecule has 0 aliphatic heterocycles. The van der Waals surface area contributed by atoms with E-state index >= 15 is 0 Å². The van der Waals surface area contributed by atoms with Crippen molar-refractivity contribution in [2.45, 2.75) is 39.2 Å². The first kappa shape index (κ1) is 28.7. The van der Waals surface area contributed by atoms with Crippen LogP contribution in [0.2, 0.25) is 0 Å². The third-order valence-corrected chi connectivity index (χ3v) is 7.77. The molecule has 0 spiro atoms. The molecule has 1 saturated carbocycles. The van der Waals surface area contributed by atoms with Gasteiger partial charge in [-0.1, -0.05) is 60.7 Å². The summed E-state index contributed by atoms with van der Waals surface area (Å²) in [6.07, 6.45) is 10.4. The maximum absolute atomic E-state index is 11.8. The molecule has 2 N–H and O–H groups in total. The van der Waals surface area contributed by atoms with Crippen molar-refractivity contribution in [1.82, 2.24) is 4.57 Å². The number of hydrogen-bond acceptors (Lipinski definition) is 4. The normalized spacial score (nSPS) is 14.0. The number of carboxylic acid groups (broad SMARTS) is 2. The Kier molecular flexibility index (Phi) is 8.77. The van der Waals surface area contributed by atoms with E-state index in [1.807, 2.05) is 109 Å². The topological polar surface area (TPSA) is 98.0 Å². The molecular weight excluding hydrogens is 530 g/mol. The van der Waals surface area contributed by atoms with Crippen molar-refractivity contribution in [3.05, 3.63) is 107 Å². The molecule has 1 heterocycles. The van der Waals surface area contributed by atoms with E-state index in [4.69, 9.17) is 9.47 Å². The molecule has 3 aromatic carbocycles. The Morgan fingerprint density at radius 2 is 1.50 bits per heavy atom. The van der Waals surface area contributed by atoms with Crippen LogP contribution in [0.1, 0.15) is 41.6 Å². The molecule has 7 nitrogen and oxygen atoms in total. The van der Waals surface area contributed by atoms with Crippen LogP contribution in [0.5, 0.6) is 11.5 Å². The van der Waals surface area contributed by atoms with Crippen molar-refractivity contribution in [2.75, 3.05) is 13.2 Å². The van der Waals surface area contributed by atoms with Gasteiger partial charge in [0.2, 0.25) is 0 Å². The zero-order valence-electron chi connectivity index (χ0n) is 23.7. The van der Waals surface area contributed by atoms with E-state index in [2.05, 4.69) is 0 Å². The maximum atomic E-state index is 11.8. The standard InChI is InChI=1S/C35H35NO6/c1-25-31(22-35(18-19-35)23-32(37)38)30-11-7-8-27(34(30)36(25)24-33(39)40)15-12-26-13-16-29(17-14-26)42-21-6-5-20-41-28-9-3-2-4-10-28/h2-17H,18-24H2,1H3,(H,37,38)(H,39,40).